The van der Waals surface area contributed by atoms with E-state index in [4.69, 9.17) is 0 Å². The SMILES string of the molecule is Cc1ccc(S(=O)(=O)NC(C)(C)C)cc1C(=O)OCC(=O)NCC(F)(F)F. The second-order valence-electron chi connectivity index (χ2n) is 6.80. The Balaban J connectivity index is 2.88. The fraction of sp³-hybridized carbons (Fsp3) is 0.500. The molecule has 0 saturated heterocycles. The molecular weight excluding hydrogens is 389 g/mol. The van der Waals surface area contributed by atoms with Gasteiger partial charge in [-0.1, -0.05) is 6.07 Å². The predicted molar refractivity (Wildman–Crippen MR) is 90.6 cm³/mol. The molecule has 2 N–H and O–H groups in total. The van der Waals surface area contributed by atoms with Crippen LogP contribution in [0.5, 0.6) is 0 Å². The number of hydrogen-bond acceptors (Lipinski definition) is 5. The van der Waals surface area contributed by atoms with Crippen molar-refractivity contribution in [2.75, 3.05) is 13.2 Å². The molecule has 0 radical (unpaired) electrons. The van der Waals surface area contributed by atoms with Gasteiger partial charge in [0.15, 0.2) is 6.61 Å². The number of esters is 1. The summed E-state index contributed by atoms with van der Waals surface area (Å²) >= 11 is 0. The summed E-state index contributed by atoms with van der Waals surface area (Å²) < 4.78 is 67.9. The van der Waals surface area contributed by atoms with Crippen LogP contribution in [0, 0.1) is 6.92 Å². The molecule has 1 amide bonds. The van der Waals surface area contributed by atoms with Gasteiger partial charge in [-0.05, 0) is 45.4 Å². The van der Waals surface area contributed by atoms with Crippen LogP contribution in [-0.2, 0) is 19.6 Å². The highest BCUT2D eigenvalue weighted by atomic mass is 32.2. The summed E-state index contributed by atoms with van der Waals surface area (Å²) in [6.45, 7) is 3.99. The number of halogens is 3. The molecule has 0 bridgehead atoms. The van der Waals surface area contributed by atoms with Gasteiger partial charge in [-0.2, -0.15) is 13.2 Å². The van der Waals surface area contributed by atoms with Gasteiger partial charge in [-0.15, -0.1) is 0 Å². The average molecular weight is 410 g/mol. The first-order valence-electron chi connectivity index (χ1n) is 7.76. The third-order valence-corrected chi connectivity index (χ3v) is 4.76. The first-order valence-corrected chi connectivity index (χ1v) is 9.24. The zero-order chi connectivity index (χ0) is 21.0. The van der Waals surface area contributed by atoms with Crippen molar-refractivity contribution in [2.24, 2.45) is 0 Å². The van der Waals surface area contributed by atoms with Gasteiger partial charge in [-0.25, -0.2) is 17.9 Å². The number of nitrogens with one attached hydrogen (secondary N) is 2. The maximum atomic E-state index is 12.3. The molecular formula is C16H21F3N2O5S. The zero-order valence-electron chi connectivity index (χ0n) is 15.2. The van der Waals surface area contributed by atoms with Crippen molar-refractivity contribution < 1.29 is 35.9 Å². The van der Waals surface area contributed by atoms with Crippen LogP contribution >= 0.6 is 0 Å². The molecule has 0 aromatic heterocycles. The lowest BCUT2D eigenvalue weighted by Crippen LogP contribution is -2.40. The number of aryl methyl sites for hydroxylation is 1. The maximum Gasteiger partial charge on any atom is 0.405 e. The topological polar surface area (TPSA) is 102 Å². The van der Waals surface area contributed by atoms with Crippen molar-refractivity contribution >= 4 is 21.9 Å². The Morgan fingerprint density at radius 3 is 2.26 bits per heavy atom. The summed E-state index contributed by atoms with van der Waals surface area (Å²) in [5, 5.41) is 1.56. The minimum atomic E-state index is -4.58. The lowest BCUT2D eigenvalue weighted by molar-refractivity contribution is -0.140. The number of carbonyl (C=O) groups is 2. The van der Waals surface area contributed by atoms with Gasteiger partial charge < -0.3 is 10.1 Å². The number of benzene rings is 1. The van der Waals surface area contributed by atoms with Crippen LogP contribution in [0.1, 0.15) is 36.7 Å². The molecule has 152 valence electrons. The van der Waals surface area contributed by atoms with Crippen LogP contribution in [0.4, 0.5) is 13.2 Å². The molecule has 0 heterocycles. The lowest BCUT2D eigenvalue weighted by atomic mass is 10.1. The molecule has 0 unspecified atom stereocenters. The monoisotopic (exact) mass is 410 g/mol. The van der Waals surface area contributed by atoms with E-state index in [1.54, 1.807) is 26.1 Å². The molecule has 27 heavy (non-hydrogen) atoms. The van der Waals surface area contributed by atoms with Crippen LogP contribution in [0.15, 0.2) is 23.1 Å². The van der Waals surface area contributed by atoms with Gasteiger partial charge >= 0.3 is 12.1 Å². The van der Waals surface area contributed by atoms with Gasteiger partial charge in [0.05, 0.1) is 10.5 Å². The maximum absolute atomic E-state index is 12.3. The lowest BCUT2D eigenvalue weighted by Gasteiger charge is -2.20. The highest BCUT2D eigenvalue weighted by Crippen LogP contribution is 2.18. The first-order chi connectivity index (χ1) is 12.1. The Hall–Kier alpha value is -2.14. The number of rotatable bonds is 6. The molecule has 0 aliphatic carbocycles. The summed E-state index contributed by atoms with van der Waals surface area (Å²) in [5.41, 5.74) is -0.484. The summed E-state index contributed by atoms with van der Waals surface area (Å²) in [5.74, 6) is -2.15. The highest BCUT2D eigenvalue weighted by Gasteiger charge is 2.28. The van der Waals surface area contributed by atoms with Crippen molar-refractivity contribution in [3.05, 3.63) is 29.3 Å². The standard InChI is InChI=1S/C16H21F3N2O5S/c1-10-5-6-11(27(24,25)21-15(2,3)4)7-12(10)14(23)26-8-13(22)20-9-16(17,18)19/h5-7,21H,8-9H2,1-4H3,(H,20,22). The van der Waals surface area contributed by atoms with Crippen molar-refractivity contribution in [2.45, 2.75) is 44.3 Å². The minimum Gasteiger partial charge on any atom is -0.452 e. The van der Waals surface area contributed by atoms with Crippen LogP contribution in [-0.4, -0.2) is 45.2 Å². The van der Waals surface area contributed by atoms with Crippen LogP contribution < -0.4 is 10.0 Å². The van der Waals surface area contributed by atoms with Crippen molar-refractivity contribution in [3.63, 3.8) is 0 Å². The van der Waals surface area contributed by atoms with E-state index in [1.807, 2.05) is 0 Å². The van der Waals surface area contributed by atoms with Gasteiger partial charge in [0.2, 0.25) is 10.0 Å². The van der Waals surface area contributed by atoms with Crippen molar-refractivity contribution in [1.29, 1.82) is 0 Å². The fourth-order valence-corrected chi connectivity index (χ4v) is 3.35. The van der Waals surface area contributed by atoms with Crippen LogP contribution in [0.2, 0.25) is 0 Å². The molecule has 0 atom stereocenters. The van der Waals surface area contributed by atoms with E-state index in [1.165, 1.54) is 19.1 Å². The normalized spacial score (nSPS) is 12.6. The zero-order valence-corrected chi connectivity index (χ0v) is 16.0. The van der Waals surface area contributed by atoms with Gasteiger partial charge in [0, 0.05) is 5.54 Å². The number of carbonyl (C=O) groups excluding carboxylic acids is 2. The molecule has 0 saturated carbocycles. The van der Waals surface area contributed by atoms with E-state index in [-0.39, 0.29) is 10.5 Å². The van der Waals surface area contributed by atoms with Gasteiger partial charge in [0.1, 0.15) is 6.54 Å². The number of amides is 1. The summed E-state index contributed by atoms with van der Waals surface area (Å²) in [6.07, 6.45) is -4.58. The first kappa shape index (κ1) is 22.9. The van der Waals surface area contributed by atoms with Crippen LogP contribution in [0.25, 0.3) is 0 Å². The number of ether oxygens (including phenoxy) is 1. The highest BCUT2D eigenvalue weighted by molar-refractivity contribution is 7.89. The van der Waals surface area contributed by atoms with E-state index < -0.39 is 46.8 Å². The predicted octanol–water partition coefficient (Wildman–Crippen LogP) is 1.91. The summed E-state index contributed by atoms with van der Waals surface area (Å²) in [4.78, 5) is 23.2. The average Bonchev–Trinajstić information content (AvgIpc) is 2.47. The van der Waals surface area contributed by atoms with E-state index in [0.717, 1.165) is 6.07 Å². The van der Waals surface area contributed by atoms with E-state index in [9.17, 15) is 31.2 Å². The molecule has 1 aromatic carbocycles. The Kier molecular flexibility index (Phi) is 7.00. The van der Waals surface area contributed by atoms with E-state index in [0.29, 0.717) is 5.56 Å². The number of sulfonamides is 1. The molecule has 0 aliphatic heterocycles. The minimum absolute atomic E-state index is 0.115. The summed E-state index contributed by atoms with van der Waals surface area (Å²) in [6, 6.07) is 3.77. The summed E-state index contributed by atoms with van der Waals surface area (Å²) in [7, 11) is -3.91. The molecule has 7 nitrogen and oxygen atoms in total. The molecule has 0 spiro atoms. The second-order valence-corrected chi connectivity index (χ2v) is 8.48. The molecule has 1 aromatic rings. The molecule has 0 fully saturated rings. The number of alkyl halides is 3. The van der Waals surface area contributed by atoms with Gasteiger partial charge in [-0.3, -0.25) is 4.79 Å². The molecule has 0 aliphatic rings. The van der Waals surface area contributed by atoms with Gasteiger partial charge in [0.25, 0.3) is 5.91 Å². The smallest absolute Gasteiger partial charge is 0.405 e. The Bertz CT molecular complexity index is 814. The largest absolute Gasteiger partial charge is 0.452 e. The Morgan fingerprint density at radius 2 is 1.74 bits per heavy atom. The Labute approximate surface area is 155 Å². The molecule has 11 heteroatoms. The van der Waals surface area contributed by atoms with E-state index in [2.05, 4.69) is 9.46 Å². The third kappa shape index (κ3) is 7.95. The third-order valence-electron chi connectivity index (χ3n) is 3.00. The Morgan fingerprint density at radius 1 is 1.15 bits per heavy atom. The fourth-order valence-electron chi connectivity index (χ4n) is 1.91. The van der Waals surface area contributed by atoms with Crippen molar-refractivity contribution in [1.82, 2.24) is 10.0 Å². The van der Waals surface area contributed by atoms with Crippen LogP contribution in [0.3, 0.4) is 0 Å². The van der Waals surface area contributed by atoms with Crippen molar-refractivity contribution in [3.8, 4) is 0 Å². The van der Waals surface area contributed by atoms with E-state index >= 15 is 0 Å². The quantitative estimate of drug-likeness (QED) is 0.698. The molecule has 1 rings (SSSR count). The number of hydrogen-bond donors (Lipinski definition) is 2. The second kappa shape index (κ2) is 8.26.